The van der Waals surface area contributed by atoms with E-state index in [1.165, 1.54) is 5.12 Å². The molecular formula is C10H11N5. The second-order valence-electron chi connectivity index (χ2n) is 2.69. The lowest BCUT2D eigenvalue weighted by molar-refractivity contribution is 0.937. The third kappa shape index (κ3) is 2.31. The van der Waals surface area contributed by atoms with Gasteiger partial charge in [0.1, 0.15) is 11.8 Å². The SMILES string of the molecule is C=NN(/N=C\C)c1ccc(N)cc1C#N. The number of benzene rings is 1. The number of anilines is 2. The summed E-state index contributed by atoms with van der Waals surface area (Å²) in [7, 11) is 0. The average molecular weight is 201 g/mol. The highest BCUT2D eigenvalue weighted by molar-refractivity contribution is 5.66. The zero-order valence-electron chi connectivity index (χ0n) is 8.38. The van der Waals surface area contributed by atoms with E-state index in [0.717, 1.165) is 0 Å². The minimum atomic E-state index is 0.410. The minimum absolute atomic E-state index is 0.410. The van der Waals surface area contributed by atoms with Crippen LogP contribution in [0.4, 0.5) is 11.4 Å². The van der Waals surface area contributed by atoms with Crippen LogP contribution in [0.3, 0.4) is 0 Å². The zero-order valence-corrected chi connectivity index (χ0v) is 8.38. The lowest BCUT2D eigenvalue weighted by atomic mass is 10.2. The summed E-state index contributed by atoms with van der Waals surface area (Å²) in [4.78, 5) is 0. The van der Waals surface area contributed by atoms with Gasteiger partial charge < -0.3 is 5.73 Å². The topological polar surface area (TPSA) is 77.8 Å². The molecule has 1 aromatic carbocycles. The van der Waals surface area contributed by atoms with E-state index in [9.17, 15) is 0 Å². The molecule has 0 amide bonds. The van der Waals surface area contributed by atoms with Crippen molar-refractivity contribution >= 4 is 24.3 Å². The van der Waals surface area contributed by atoms with Crippen LogP contribution < -0.4 is 10.9 Å². The van der Waals surface area contributed by atoms with E-state index in [1.54, 1.807) is 31.3 Å². The maximum absolute atomic E-state index is 8.91. The second kappa shape index (κ2) is 4.77. The summed E-state index contributed by atoms with van der Waals surface area (Å²) in [6.07, 6.45) is 1.56. The first-order valence-corrected chi connectivity index (χ1v) is 4.28. The van der Waals surface area contributed by atoms with E-state index >= 15 is 0 Å². The van der Waals surface area contributed by atoms with Crippen LogP contribution in [0.5, 0.6) is 0 Å². The molecule has 15 heavy (non-hydrogen) atoms. The minimum Gasteiger partial charge on any atom is -0.399 e. The van der Waals surface area contributed by atoms with E-state index in [0.29, 0.717) is 16.9 Å². The van der Waals surface area contributed by atoms with Crippen LogP contribution in [-0.2, 0) is 0 Å². The van der Waals surface area contributed by atoms with Gasteiger partial charge >= 0.3 is 0 Å². The van der Waals surface area contributed by atoms with Crippen LogP contribution in [0.25, 0.3) is 0 Å². The Balaban J connectivity index is 3.24. The smallest absolute Gasteiger partial charge is 0.103 e. The van der Waals surface area contributed by atoms with Crippen LogP contribution in [0.2, 0.25) is 0 Å². The molecule has 5 heteroatoms. The first-order chi connectivity index (χ1) is 7.22. The van der Waals surface area contributed by atoms with Crippen molar-refractivity contribution in [2.75, 3.05) is 10.9 Å². The molecule has 1 rings (SSSR count). The summed E-state index contributed by atoms with van der Waals surface area (Å²) < 4.78 is 0. The second-order valence-corrected chi connectivity index (χ2v) is 2.69. The van der Waals surface area contributed by atoms with Crippen molar-refractivity contribution in [1.29, 1.82) is 5.26 Å². The summed E-state index contributed by atoms with van der Waals surface area (Å²) in [5.74, 6) is 0. The molecule has 0 aliphatic rings. The molecule has 0 bridgehead atoms. The molecule has 0 radical (unpaired) electrons. The van der Waals surface area contributed by atoms with Gasteiger partial charge in [-0.25, -0.2) is 0 Å². The van der Waals surface area contributed by atoms with Crippen LogP contribution in [-0.4, -0.2) is 12.9 Å². The number of nitriles is 1. The molecule has 0 saturated heterocycles. The number of rotatable bonds is 3. The van der Waals surface area contributed by atoms with Crippen molar-refractivity contribution < 1.29 is 0 Å². The highest BCUT2D eigenvalue weighted by Gasteiger charge is 2.08. The fourth-order valence-corrected chi connectivity index (χ4v) is 1.10. The molecule has 0 spiro atoms. The molecule has 0 saturated carbocycles. The Labute approximate surface area is 88.1 Å². The maximum atomic E-state index is 8.91. The summed E-state index contributed by atoms with van der Waals surface area (Å²) in [5, 5.41) is 17.8. The van der Waals surface area contributed by atoms with Crippen molar-refractivity contribution in [2.24, 2.45) is 10.2 Å². The normalized spacial score (nSPS) is 9.87. The summed E-state index contributed by atoms with van der Waals surface area (Å²) in [5.41, 5.74) is 7.06. The van der Waals surface area contributed by atoms with E-state index in [2.05, 4.69) is 16.9 Å². The van der Waals surface area contributed by atoms with Crippen molar-refractivity contribution in [3.63, 3.8) is 0 Å². The first kappa shape index (κ1) is 10.7. The molecule has 0 aliphatic heterocycles. The van der Waals surface area contributed by atoms with E-state index in [1.807, 2.05) is 6.07 Å². The highest BCUT2D eigenvalue weighted by Crippen LogP contribution is 2.22. The van der Waals surface area contributed by atoms with Crippen molar-refractivity contribution in [3.05, 3.63) is 23.8 Å². The van der Waals surface area contributed by atoms with Gasteiger partial charge in [-0.1, -0.05) is 0 Å². The standard InChI is InChI=1S/C10H11N5/c1-3-14-15(13-2)10-5-4-9(12)6-8(10)7-11/h3-6H,2,12H2,1H3/b14-3-. The van der Waals surface area contributed by atoms with Crippen LogP contribution in [0, 0.1) is 11.3 Å². The van der Waals surface area contributed by atoms with Gasteiger partial charge in [0.25, 0.3) is 0 Å². The largest absolute Gasteiger partial charge is 0.399 e. The van der Waals surface area contributed by atoms with E-state index < -0.39 is 0 Å². The summed E-state index contributed by atoms with van der Waals surface area (Å²) >= 11 is 0. The van der Waals surface area contributed by atoms with E-state index in [-0.39, 0.29) is 0 Å². The van der Waals surface area contributed by atoms with Gasteiger partial charge in [-0.2, -0.15) is 20.6 Å². The fraction of sp³-hybridized carbons (Fsp3) is 0.100. The van der Waals surface area contributed by atoms with E-state index in [4.69, 9.17) is 11.0 Å². The number of nitrogen functional groups attached to an aromatic ring is 1. The van der Waals surface area contributed by atoms with Gasteiger partial charge in [-0.15, -0.1) is 0 Å². The van der Waals surface area contributed by atoms with Crippen LogP contribution in [0.1, 0.15) is 12.5 Å². The fourth-order valence-electron chi connectivity index (χ4n) is 1.10. The maximum Gasteiger partial charge on any atom is 0.103 e. The van der Waals surface area contributed by atoms with Gasteiger partial charge in [0, 0.05) is 18.6 Å². The summed E-state index contributed by atoms with van der Waals surface area (Å²) in [6, 6.07) is 6.95. The highest BCUT2D eigenvalue weighted by atomic mass is 15.7. The van der Waals surface area contributed by atoms with Gasteiger partial charge in [-0.05, 0) is 25.1 Å². The third-order valence-electron chi connectivity index (χ3n) is 1.72. The lowest BCUT2D eigenvalue weighted by Gasteiger charge is -2.13. The van der Waals surface area contributed by atoms with Gasteiger partial charge in [0.15, 0.2) is 0 Å². The Morgan fingerprint density at radius 2 is 2.33 bits per heavy atom. The van der Waals surface area contributed by atoms with Crippen molar-refractivity contribution in [1.82, 2.24) is 0 Å². The molecular weight excluding hydrogens is 190 g/mol. The van der Waals surface area contributed by atoms with Crippen molar-refractivity contribution in [3.8, 4) is 6.07 Å². The number of hydrogen-bond acceptors (Lipinski definition) is 5. The molecule has 0 aromatic heterocycles. The third-order valence-corrected chi connectivity index (χ3v) is 1.72. The van der Waals surface area contributed by atoms with Crippen LogP contribution in [0.15, 0.2) is 28.4 Å². The van der Waals surface area contributed by atoms with Gasteiger partial charge in [0.05, 0.1) is 5.56 Å². The van der Waals surface area contributed by atoms with Gasteiger partial charge in [0.2, 0.25) is 0 Å². The Hall–Kier alpha value is -2.35. The number of nitrogens with zero attached hydrogens (tertiary/aromatic N) is 4. The Bertz CT molecular complexity index is 430. The number of hydrazone groups is 2. The molecule has 0 atom stereocenters. The molecule has 0 unspecified atom stereocenters. The molecule has 0 fully saturated rings. The predicted molar refractivity (Wildman–Crippen MR) is 61.8 cm³/mol. The molecule has 0 heterocycles. The van der Waals surface area contributed by atoms with Crippen LogP contribution >= 0.6 is 0 Å². The molecule has 5 nitrogen and oxygen atoms in total. The molecule has 0 aliphatic carbocycles. The average Bonchev–Trinajstić information content (AvgIpc) is 2.26. The summed E-state index contributed by atoms with van der Waals surface area (Å²) in [6.45, 7) is 5.13. The Kier molecular flexibility index (Phi) is 3.41. The predicted octanol–water partition coefficient (Wildman–Crippen LogP) is 1.57. The van der Waals surface area contributed by atoms with Gasteiger partial charge in [-0.3, -0.25) is 0 Å². The molecule has 1 aromatic rings. The molecule has 76 valence electrons. The lowest BCUT2D eigenvalue weighted by Crippen LogP contribution is -2.08. The molecule has 2 N–H and O–H groups in total. The van der Waals surface area contributed by atoms with Crippen molar-refractivity contribution in [2.45, 2.75) is 6.92 Å². The first-order valence-electron chi connectivity index (χ1n) is 4.28. The number of hydrogen-bond donors (Lipinski definition) is 1. The Morgan fingerprint density at radius 1 is 1.60 bits per heavy atom. The monoisotopic (exact) mass is 201 g/mol. The number of nitrogens with two attached hydrogens (primary N) is 1. The Morgan fingerprint density at radius 3 is 2.87 bits per heavy atom. The quantitative estimate of drug-likeness (QED) is 0.458. The zero-order chi connectivity index (χ0) is 11.3.